The summed E-state index contributed by atoms with van der Waals surface area (Å²) in [5, 5.41) is 3.09. The van der Waals surface area contributed by atoms with Gasteiger partial charge in [0.05, 0.1) is 6.54 Å². The molecule has 3 rings (SSSR count). The highest BCUT2D eigenvalue weighted by Gasteiger charge is 2.30. The Morgan fingerprint density at radius 2 is 1.61 bits per heavy atom. The zero-order chi connectivity index (χ0) is 24.2. The van der Waals surface area contributed by atoms with Crippen LogP contribution in [0.4, 0.5) is 0 Å². The van der Waals surface area contributed by atoms with E-state index >= 15 is 0 Å². The van der Waals surface area contributed by atoms with Crippen molar-refractivity contribution in [2.75, 3.05) is 40.3 Å². The van der Waals surface area contributed by atoms with Crippen molar-refractivity contribution in [1.29, 1.82) is 0 Å². The Hall–Kier alpha value is -2.74. The highest BCUT2D eigenvalue weighted by Crippen LogP contribution is 2.22. The standard InChI is InChI=1S/C25H36N4O4/c1-25(2,17-27(3)4)16-26-23(32)19-11-13-28(14-12-19)24(33)20-7-5-18(6-8-20)15-29-21(30)9-10-22(29)31/h5-8,19H,9-17H2,1-4H3,(H,26,32). The molecule has 1 aromatic carbocycles. The number of hydrogen-bond acceptors (Lipinski definition) is 5. The van der Waals surface area contributed by atoms with E-state index in [1.807, 2.05) is 14.1 Å². The molecule has 8 nitrogen and oxygen atoms in total. The number of carbonyl (C=O) groups excluding carboxylic acids is 4. The van der Waals surface area contributed by atoms with Gasteiger partial charge in [-0.25, -0.2) is 0 Å². The Balaban J connectivity index is 1.47. The lowest BCUT2D eigenvalue weighted by Gasteiger charge is -2.33. The molecule has 0 spiro atoms. The number of nitrogens with one attached hydrogen (secondary N) is 1. The van der Waals surface area contributed by atoms with E-state index in [-0.39, 0.29) is 54.3 Å². The molecule has 0 unspecified atom stereocenters. The second-order valence-corrected chi connectivity index (χ2v) is 10.3. The summed E-state index contributed by atoms with van der Waals surface area (Å²) in [4.78, 5) is 54.3. The van der Waals surface area contributed by atoms with E-state index in [1.54, 1.807) is 29.2 Å². The fraction of sp³-hybridized carbons (Fsp3) is 0.600. The maximum Gasteiger partial charge on any atom is 0.253 e. The van der Waals surface area contributed by atoms with Crippen LogP contribution in [-0.4, -0.2) is 78.6 Å². The van der Waals surface area contributed by atoms with Crippen molar-refractivity contribution in [2.24, 2.45) is 11.3 Å². The average Bonchev–Trinajstić information content (AvgIpc) is 3.09. The van der Waals surface area contributed by atoms with Gasteiger partial charge in [0.25, 0.3) is 5.91 Å². The minimum atomic E-state index is -0.145. The normalized spacial score (nSPS) is 17.7. The molecule has 33 heavy (non-hydrogen) atoms. The van der Waals surface area contributed by atoms with Crippen LogP contribution in [0.2, 0.25) is 0 Å². The van der Waals surface area contributed by atoms with Crippen molar-refractivity contribution in [3.8, 4) is 0 Å². The van der Waals surface area contributed by atoms with Gasteiger partial charge < -0.3 is 15.1 Å². The number of amides is 4. The molecule has 2 aliphatic heterocycles. The molecule has 0 radical (unpaired) electrons. The topological polar surface area (TPSA) is 90.0 Å². The van der Waals surface area contributed by atoms with Crippen LogP contribution in [0, 0.1) is 11.3 Å². The average molecular weight is 457 g/mol. The van der Waals surface area contributed by atoms with Crippen molar-refractivity contribution in [3.05, 3.63) is 35.4 Å². The number of rotatable bonds is 8. The summed E-state index contributed by atoms with van der Waals surface area (Å²) in [6.07, 6.45) is 1.86. The molecule has 2 heterocycles. The van der Waals surface area contributed by atoms with Gasteiger partial charge in [0, 0.05) is 50.5 Å². The Bertz CT molecular complexity index is 870. The maximum atomic E-state index is 12.9. The summed E-state index contributed by atoms with van der Waals surface area (Å²) in [7, 11) is 4.05. The van der Waals surface area contributed by atoms with Crippen LogP contribution in [0.15, 0.2) is 24.3 Å². The molecule has 0 saturated carbocycles. The Morgan fingerprint density at radius 3 is 2.15 bits per heavy atom. The molecule has 0 aliphatic carbocycles. The fourth-order valence-electron chi connectivity index (χ4n) is 4.64. The highest BCUT2D eigenvalue weighted by molar-refractivity contribution is 6.01. The Kier molecular flexibility index (Phi) is 7.89. The summed E-state index contributed by atoms with van der Waals surface area (Å²) >= 11 is 0. The van der Waals surface area contributed by atoms with E-state index in [0.29, 0.717) is 38.0 Å². The van der Waals surface area contributed by atoms with Gasteiger partial charge in [-0.2, -0.15) is 0 Å². The molecule has 0 aromatic heterocycles. The molecule has 180 valence electrons. The van der Waals surface area contributed by atoms with Crippen LogP contribution in [-0.2, 0) is 20.9 Å². The van der Waals surface area contributed by atoms with E-state index in [1.165, 1.54) is 4.90 Å². The number of imide groups is 1. The minimum absolute atomic E-state index is 0.00264. The fourth-order valence-corrected chi connectivity index (χ4v) is 4.64. The van der Waals surface area contributed by atoms with Gasteiger partial charge >= 0.3 is 0 Å². The lowest BCUT2D eigenvalue weighted by Crippen LogP contribution is -2.46. The number of carbonyl (C=O) groups is 4. The molecule has 2 aliphatic rings. The summed E-state index contributed by atoms with van der Waals surface area (Å²) in [6, 6.07) is 7.08. The lowest BCUT2D eigenvalue weighted by atomic mass is 9.91. The van der Waals surface area contributed by atoms with Crippen LogP contribution in [0.5, 0.6) is 0 Å². The molecule has 1 aromatic rings. The zero-order valence-electron chi connectivity index (χ0n) is 20.2. The second kappa shape index (κ2) is 10.5. The third-order valence-corrected chi connectivity index (χ3v) is 6.33. The first-order valence-electron chi connectivity index (χ1n) is 11.7. The summed E-state index contributed by atoms with van der Waals surface area (Å²) in [5.74, 6) is -0.339. The molecule has 2 fully saturated rings. The molecule has 4 amide bonds. The molecule has 2 saturated heterocycles. The van der Waals surface area contributed by atoms with Gasteiger partial charge in [0.15, 0.2) is 0 Å². The molecule has 1 N–H and O–H groups in total. The van der Waals surface area contributed by atoms with Crippen molar-refractivity contribution >= 4 is 23.6 Å². The number of likely N-dealkylation sites (tertiary alicyclic amines) is 2. The van der Waals surface area contributed by atoms with Crippen molar-refractivity contribution in [2.45, 2.75) is 46.1 Å². The van der Waals surface area contributed by atoms with Crippen LogP contribution in [0.25, 0.3) is 0 Å². The van der Waals surface area contributed by atoms with Gasteiger partial charge in [-0.3, -0.25) is 24.1 Å². The molecular formula is C25H36N4O4. The maximum absolute atomic E-state index is 12.9. The third kappa shape index (κ3) is 6.63. The third-order valence-electron chi connectivity index (χ3n) is 6.33. The molecular weight excluding hydrogens is 420 g/mol. The van der Waals surface area contributed by atoms with Crippen LogP contribution >= 0.6 is 0 Å². The zero-order valence-corrected chi connectivity index (χ0v) is 20.2. The number of nitrogens with zero attached hydrogens (tertiary/aromatic N) is 3. The van der Waals surface area contributed by atoms with E-state index in [4.69, 9.17) is 0 Å². The predicted octanol–water partition coefficient (Wildman–Crippen LogP) is 1.89. The minimum Gasteiger partial charge on any atom is -0.355 e. The van der Waals surface area contributed by atoms with Gasteiger partial charge in [0.1, 0.15) is 0 Å². The molecule has 0 atom stereocenters. The Morgan fingerprint density at radius 1 is 1.03 bits per heavy atom. The van der Waals surface area contributed by atoms with E-state index in [0.717, 1.165) is 12.1 Å². The second-order valence-electron chi connectivity index (χ2n) is 10.3. The summed E-state index contributed by atoms with van der Waals surface area (Å²) < 4.78 is 0. The van der Waals surface area contributed by atoms with E-state index in [2.05, 4.69) is 24.1 Å². The van der Waals surface area contributed by atoms with E-state index in [9.17, 15) is 19.2 Å². The largest absolute Gasteiger partial charge is 0.355 e. The van der Waals surface area contributed by atoms with Crippen molar-refractivity contribution < 1.29 is 19.2 Å². The first kappa shape index (κ1) is 24.9. The summed E-state index contributed by atoms with van der Waals surface area (Å²) in [6.45, 7) is 7.15. The first-order chi connectivity index (χ1) is 15.6. The number of piperidine rings is 1. The van der Waals surface area contributed by atoms with E-state index < -0.39 is 0 Å². The Labute approximate surface area is 196 Å². The van der Waals surface area contributed by atoms with Gasteiger partial charge in [0.2, 0.25) is 17.7 Å². The first-order valence-corrected chi connectivity index (χ1v) is 11.7. The molecule has 8 heteroatoms. The highest BCUT2D eigenvalue weighted by atomic mass is 16.2. The predicted molar refractivity (Wildman–Crippen MR) is 125 cm³/mol. The van der Waals surface area contributed by atoms with Gasteiger partial charge in [-0.1, -0.05) is 26.0 Å². The number of benzene rings is 1. The van der Waals surface area contributed by atoms with Crippen molar-refractivity contribution in [1.82, 2.24) is 20.0 Å². The SMILES string of the molecule is CN(C)CC(C)(C)CNC(=O)C1CCN(C(=O)c2ccc(CN3C(=O)CCC3=O)cc2)CC1. The smallest absolute Gasteiger partial charge is 0.253 e. The van der Waals surface area contributed by atoms with Crippen LogP contribution in [0.3, 0.4) is 0 Å². The summed E-state index contributed by atoms with van der Waals surface area (Å²) in [5.41, 5.74) is 1.39. The van der Waals surface area contributed by atoms with Crippen LogP contribution in [0.1, 0.15) is 55.5 Å². The van der Waals surface area contributed by atoms with Crippen molar-refractivity contribution in [3.63, 3.8) is 0 Å². The quantitative estimate of drug-likeness (QED) is 0.604. The lowest BCUT2D eigenvalue weighted by molar-refractivity contribution is -0.139. The molecule has 0 bridgehead atoms. The van der Waals surface area contributed by atoms with Gasteiger partial charge in [-0.15, -0.1) is 0 Å². The number of hydrogen-bond donors (Lipinski definition) is 1. The monoisotopic (exact) mass is 456 g/mol. The van der Waals surface area contributed by atoms with Crippen LogP contribution < -0.4 is 5.32 Å². The van der Waals surface area contributed by atoms with Gasteiger partial charge in [-0.05, 0) is 50.0 Å².